The number of hydrogen-bond donors (Lipinski definition) is 1. The lowest BCUT2D eigenvalue weighted by atomic mass is 10.1. The van der Waals surface area contributed by atoms with E-state index in [0.717, 1.165) is 17.4 Å². The molecule has 2 heterocycles. The molecule has 11 heteroatoms. The van der Waals surface area contributed by atoms with Crippen molar-refractivity contribution in [3.8, 4) is 5.75 Å². The number of nitrogens with zero attached hydrogens (tertiary/aromatic N) is 2. The lowest BCUT2D eigenvalue weighted by Gasteiger charge is -2.09. The van der Waals surface area contributed by atoms with Gasteiger partial charge in [0.05, 0.1) is 30.4 Å². The Kier molecular flexibility index (Phi) is 8.15. The van der Waals surface area contributed by atoms with Crippen molar-refractivity contribution in [2.24, 2.45) is 0 Å². The van der Waals surface area contributed by atoms with Crippen LogP contribution in [0, 0.1) is 6.92 Å². The molecule has 1 aromatic heterocycles. The molecule has 3 rings (SSSR count). The first-order valence-corrected chi connectivity index (χ1v) is 12.6. The SMILES string of the molecule is COc1ccc(CCNC(=O)COC(=O)/C=C/c2c(C)nn(C3CCS(=O)(=O)C3)c2Cl)cc1. The predicted octanol–water partition coefficient (Wildman–Crippen LogP) is 2.13. The lowest BCUT2D eigenvalue weighted by molar-refractivity contribution is -0.143. The zero-order valence-electron chi connectivity index (χ0n) is 18.4. The Bertz CT molecular complexity index is 1140. The molecule has 0 spiro atoms. The van der Waals surface area contributed by atoms with Crippen LogP contribution in [0.3, 0.4) is 0 Å². The smallest absolute Gasteiger partial charge is 0.331 e. The van der Waals surface area contributed by atoms with E-state index in [1.807, 2.05) is 24.3 Å². The molecule has 33 heavy (non-hydrogen) atoms. The van der Waals surface area contributed by atoms with Crippen LogP contribution in [0.1, 0.15) is 29.3 Å². The van der Waals surface area contributed by atoms with Crippen molar-refractivity contribution in [2.45, 2.75) is 25.8 Å². The van der Waals surface area contributed by atoms with E-state index < -0.39 is 28.3 Å². The molecule has 1 aliphatic rings. The van der Waals surface area contributed by atoms with Crippen molar-refractivity contribution in [3.63, 3.8) is 0 Å². The minimum Gasteiger partial charge on any atom is -0.497 e. The highest BCUT2D eigenvalue weighted by Gasteiger charge is 2.31. The minimum atomic E-state index is -3.09. The van der Waals surface area contributed by atoms with Crippen molar-refractivity contribution in [1.29, 1.82) is 0 Å². The van der Waals surface area contributed by atoms with Crippen molar-refractivity contribution < 1.29 is 27.5 Å². The van der Waals surface area contributed by atoms with Crippen molar-refractivity contribution in [2.75, 3.05) is 31.8 Å². The third-order valence-corrected chi connectivity index (χ3v) is 7.38. The number of aromatic nitrogens is 2. The summed E-state index contributed by atoms with van der Waals surface area (Å²) >= 11 is 6.37. The number of halogens is 1. The molecule has 178 valence electrons. The van der Waals surface area contributed by atoms with Gasteiger partial charge in [-0.25, -0.2) is 17.9 Å². The van der Waals surface area contributed by atoms with Gasteiger partial charge in [0.25, 0.3) is 5.91 Å². The van der Waals surface area contributed by atoms with E-state index in [1.54, 1.807) is 14.0 Å². The van der Waals surface area contributed by atoms with Crippen LogP contribution in [0.15, 0.2) is 30.3 Å². The highest BCUT2D eigenvalue weighted by molar-refractivity contribution is 7.91. The van der Waals surface area contributed by atoms with E-state index in [2.05, 4.69) is 10.4 Å². The molecule has 0 saturated carbocycles. The topological polar surface area (TPSA) is 117 Å². The van der Waals surface area contributed by atoms with Crippen molar-refractivity contribution in [1.82, 2.24) is 15.1 Å². The van der Waals surface area contributed by atoms with E-state index in [9.17, 15) is 18.0 Å². The largest absolute Gasteiger partial charge is 0.497 e. The highest BCUT2D eigenvalue weighted by atomic mass is 35.5. The molecule has 1 N–H and O–H groups in total. The van der Waals surface area contributed by atoms with Crippen LogP contribution in [0.4, 0.5) is 0 Å². The second-order valence-corrected chi connectivity index (χ2v) is 10.3. The number of sulfone groups is 1. The molecule has 1 aliphatic heterocycles. The van der Waals surface area contributed by atoms with E-state index in [1.165, 1.54) is 10.8 Å². The number of aryl methyl sites for hydroxylation is 1. The van der Waals surface area contributed by atoms with E-state index in [0.29, 0.717) is 30.6 Å². The van der Waals surface area contributed by atoms with E-state index in [-0.39, 0.29) is 22.7 Å². The number of nitrogens with one attached hydrogen (secondary N) is 1. The monoisotopic (exact) mass is 495 g/mol. The van der Waals surface area contributed by atoms with Crippen LogP contribution >= 0.6 is 11.6 Å². The summed E-state index contributed by atoms with van der Waals surface area (Å²) in [6.45, 7) is 1.72. The maximum Gasteiger partial charge on any atom is 0.331 e. The third-order valence-electron chi connectivity index (χ3n) is 5.25. The average Bonchev–Trinajstić information content (AvgIpc) is 3.29. The Labute approximate surface area is 197 Å². The lowest BCUT2D eigenvalue weighted by Crippen LogP contribution is -2.30. The van der Waals surface area contributed by atoms with Gasteiger partial charge in [-0.05, 0) is 43.5 Å². The average molecular weight is 496 g/mol. The zero-order valence-corrected chi connectivity index (χ0v) is 20.0. The van der Waals surface area contributed by atoms with Gasteiger partial charge in [-0.3, -0.25) is 4.79 Å². The zero-order chi connectivity index (χ0) is 24.0. The van der Waals surface area contributed by atoms with Gasteiger partial charge in [-0.15, -0.1) is 0 Å². The number of esters is 1. The third kappa shape index (κ3) is 6.82. The Morgan fingerprint density at radius 1 is 1.30 bits per heavy atom. The van der Waals surface area contributed by atoms with Crippen LogP contribution in [-0.2, 0) is 30.6 Å². The maximum absolute atomic E-state index is 12.0. The van der Waals surface area contributed by atoms with Crippen molar-refractivity contribution >= 4 is 39.4 Å². The summed E-state index contributed by atoms with van der Waals surface area (Å²) in [6, 6.07) is 7.20. The number of carbonyl (C=O) groups excluding carboxylic acids is 2. The summed E-state index contributed by atoms with van der Waals surface area (Å²) in [5.41, 5.74) is 2.10. The Morgan fingerprint density at radius 3 is 2.67 bits per heavy atom. The number of benzene rings is 1. The molecule has 0 aliphatic carbocycles. The van der Waals surface area contributed by atoms with Crippen molar-refractivity contribution in [3.05, 3.63) is 52.3 Å². The van der Waals surface area contributed by atoms with Gasteiger partial charge in [0, 0.05) is 18.2 Å². The number of methoxy groups -OCH3 is 1. The van der Waals surface area contributed by atoms with Crippen LogP contribution in [-0.4, -0.2) is 61.8 Å². The van der Waals surface area contributed by atoms with Gasteiger partial charge >= 0.3 is 5.97 Å². The summed E-state index contributed by atoms with van der Waals surface area (Å²) in [4.78, 5) is 23.9. The van der Waals surface area contributed by atoms with E-state index in [4.69, 9.17) is 21.1 Å². The molecule has 1 unspecified atom stereocenters. The van der Waals surface area contributed by atoms with Crippen LogP contribution < -0.4 is 10.1 Å². The molecule has 1 atom stereocenters. The molecule has 1 saturated heterocycles. The molecule has 1 amide bonds. The fraction of sp³-hybridized carbons (Fsp3) is 0.409. The minimum absolute atomic E-state index is 0.00733. The summed E-state index contributed by atoms with van der Waals surface area (Å²) in [6.07, 6.45) is 3.69. The number of carbonyl (C=O) groups is 2. The van der Waals surface area contributed by atoms with Gasteiger partial charge in [0.1, 0.15) is 10.9 Å². The van der Waals surface area contributed by atoms with Gasteiger partial charge in [0.15, 0.2) is 16.4 Å². The van der Waals surface area contributed by atoms with Gasteiger partial charge in [-0.1, -0.05) is 23.7 Å². The first-order chi connectivity index (χ1) is 15.7. The second kappa shape index (κ2) is 10.8. The fourth-order valence-electron chi connectivity index (χ4n) is 3.46. The maximum atomic E-state index is 12.0. The van der Waals surface area contributed by atoms with Gasteiger partial charge in [0.2, 0.25) is 0 Å². The van der Waals surface area contributed by atoms with Gasteiger partial charge in [-0.2, -0.15) is 5.10 Å². The molecule has 1 fully saturated rings. The molecule has 0 bridgehead atoms. The molecular formula is C22H26ClN3O6S. The summed E-state index contributed by atoms with van der Waals surface area (Å²) in [7, 11) is -1.49. The van der Waals surface area contributed by atoms with Crippen LogP contribution in [0.25, 0.3) is 6.08 Å². The van der Waals surface area contributed by atoms with Crippen LogP contribution in [0.2, 0.25) is 5.15 Å². The molecule has 1 aromatic carbocycles. The number of ether oxygens (including phenoxy) is 2. The number of amides is 1. The van der Waals surface area contributed by atoms with E-state index >= 15 is 0 Å². The molecule has 2 aromatic rings. The normalized spacial score (nSPS) is 17.2. The standard InChI is InChI=1S/C22H26ClN3O6S/c1-15-19(22(23)26(25-15)17-10-12-33(29,30)14-17)7-8-21(28)32-13-20(27)24-11-9-16-3-5-18(31-2)6-4-16/h3-8,17H,9-14H2,1-2H3,(H,24,27)/b8-7+. The summed E-state index contributed by atoms with van der Waals surface area (Å²) in [5, 5.41) is 7.28. The molecule has 0 radical (unpaired) electrons. The van der Waals surface area contributed by atoms with Gasteiger partial charge < -0.3 is 14.8 Å². The number of hydrogen-bond acceptors (Lipinski definition) is 7. The Morgan fingerprint density at radius 2 is 2.03 bits per heavy atom. The Balaban J connectivity index is 1.45. The number of rotatable bonds is 9. The molecule has 9 nitrogen and oxygen atoms in total. The quantitative estimate of drug-likeness (QED) is 0.418. The first-order valence-electron chi connectivity index (χ1n) is 10.4. The second-order valence-electron chi connectivity index (χ2n) is 7.68. The molecular weight excluding hydrogens is 470 g/mol. The fourth-order valence-corrected chi connectivity index (χ4v) is 5.52. The predicted molar refractivity (Wildman–Crippen MR) is 124 cm³/mol. The summed E-state index contributed by atoms with van der Waals surface area (Å²) < 4.78 is 35.0. The first kappa shape index (κ1) is 24.8. The highest BCUT2D eigenvalue weighted by Crippen LogP contribution is 2.30. The Hall–Kier alpha value is -2.85. The summed E-state index contributed by atoms with van der Waals surface area (Å²) in [5.74, 6) is -0.251. The van der Waals surface area contributed by atoms with Crippen LogP contribution in [0.5, 0.6) is 5.75 Å².